The minimum absolute atomic E-state index is 0.00195. The molecule has 0 heterocycles. The van der Waals surface area contributed by atoms with Gasteiger partial charge in [0.1, 0.15) is 12.1 Å². The molecule has 132 valence electrons. The molecule has 0 aliphatic heterocycles. The van der Waals surface area contributed by atoms with E-state index < -0.39 is 24.0 Å². The van der Waals surface area contributed by atoms with Gasteiger partial charge < -0.3 is 15.7 Å². The fourth-order valence-corrected chi connectivity index (χ4v) is 2.61. The fraction of sp³-hybridized carbons (Fsp3) is 0.438. The summed E-state index contributed by atoms with van der Waals surface area (Å²) < 4.78 is 0. The van der Waals surface area contributed by atoms with Gasteiger partial charge in [-0.15, -0.1) is 0 Å². The lowest BCUT2D eigenvalue weighted by Gasteiger charge is -2.23. The predicted molar refractivity (Wildman–Crippen MR) is 92.2 cm³/mol. The third-order valence-electron chi connectivity index (χ3n) is 3.36. The summed E-state index contributed by atoms with van der Waals surface area (Å²) in [7, 11) is 0. The SMILES string of the molecule is CC(=O)N[C@@H](C(=O)N[C@@H](Cc1ccc(Cl)cc1Cl)C(=O)O)C(C)C. The van der Waals surface area contributed by atoms with Crippen LogP contribution in [0.15, 0.2) is 18.2 Å². The molecule has 1 aromatic carbocycles. The maximum absolute atomic E-state index is 12.3. The van der Waals surface area contributed by atoms with Crippen LogP contribution in [0, 0.1) is 5.92 Å². The molecule has 0 radical (unpaired) electrons. The third kappa shape index (κ3) is 6.02. The van der Waals surface area contributed by atoms with Crippen molar-refractivity contribution in [1.82, 2.24) is 10.6 Å². The van der Waals surface area contributed by atoms with Crippen molar-refractivity contribution >= 4 is 41.0 Å². The number of benzene rings is 1. The first-order valence-corrected chi connectivity index (χ1v) is 8.11. The number of aliphatic carboxylic acids is 1. The summed E-state index contributed by atoms with van der Waals surface area (Å²) in [6.07, 6.45) is 0.00195. The van der Waals surface area contributed by atoms with Crippen molar-refractivity contribution in [2.45, 2.75) is 39.3 Å². The Morgan fingerprint density at radius 3 is 2.25 bits per heavy atom. The van der Waals surface area contributed by atoms with Gasteiger partial charge in [0.15, 0.2) is 0 Å². The molecule has 1 rings (SSSR count). The van der Waals surface area contributed by atoms with Crippen LogP contribution in [-0.2, 0) is 20.8 Å². The molecule has 0 unspecified atom stereocenters. The van der Waals surface area contributed by atoms with E-state index in [1.807, 2.05) is 0 Å². The largest absolute Gasteiger partial charge is 0.480 e. The summed E-state index contributed by atoms with van der Waals surface area (Å²) >= 11 is 11.9. The van der Waals surface area contributed by atoms with E-state index in [-0.39, 0.29) is 18.2 Å². The lowest BCUT2D eigenvalue weighted by Crippen LogP contribution is -2.53. The summed E-state index contributed by atoms with van der Waals surface area (Å²) in [6, 6.07) is 2.72. The van der Waals surface area contributed by atoms with E-state index >= 15 is 0 Å². The Morgan fingerprint density at radius 1 is 1.17 bits per heavy atom. The van der Waals surface area contributed by atoms with Gasteiger partial charge in [0.2, 0.25) is 11.8 Å². The number of hydrogen-bond donors (Lipinski definition) is 3. The number of carbonyl (C=O) groups excluding carboxylic acids is 2. The zero-order chi connectivity index (χ0) is 18.4. The van der Waals surface area contributed by atoms with Crippen molar-refractivity contribution < 1.29 is 19.5 Å². The van der Waals surface area contributed by atoms with Gasteiger partial charge in [0, 0.05) is 23.4 Å². The highest BCUT2D eigenvalue weighted by atomic mass is 35.5. The third-order valence-corrected chi connectivity index (χ3v) is 3.95. The molecule has 2 atom stereocenters. The molecule has 0 fully saturated rings. The van der Waals surface area contributed by atoms with Crippen LogP contribution in [-0.4, -0.2) is 35.0 Å². The zero-order valence-electron chi connectivity index (χ0n) is 13.6. The van der Waals surface area contributed by atoms with E-state index in [0.717, 1.165) is 0 Å². The minimum Gasteiger partial charge on any atom is -0.480 e. The molecule has 1 aromatic rings. The number of carboxylic acids is 1. The lowest BCUT2D eigenvalue weighted by molar-refractivity contribution is -0.142. The van der Waals surface area contributed by atoms with Gasteiger partial charge in [-0.05, 0) is 23.6 Å². The standard InChI is InChI=1S/C16H20Cl2N2O4/c1-8(2)14(19-9(3)21)15(22)20-13(16(23)24)6-10-4-5-11(17)7-12(10)18/h4-5,7-8,13-14H,6H2,1-3H3,(H,19,21)(H,20,22)(H,23,24)/t13-,14+/m0/s1. The number of hydrogen-bond acceptors (Lipinski definition) is 3. The first-order valence-electron chi connectivity index (χ1n) is 7.36. The van der Waals surface area contributed by atoms with E-state index in [9.17, 15) is 19.5 Å². The fourth-order valence-electron chi connectivity index (χ4n) is 2.12. The Hall–Kier alpha value is -1.79. The highest BCUT2D eigenvalue weighted by molar-refractivity contribution is 6.35. The maximum atomic E-state index is 12.3. The van der Waals surface area contributed by atoms with E-state index in [0.29, 0.717) is 15.6 Å². The molecule has 0 saturated carbocycles. The lowest BCUT2D eigenvalue weighted by atomic mass is 10.0. The Kier molecular flexibility index (Phi) is 7.51. The van der Waals surface area contributed by atoms with Crippen LogP contribution in [0.4, 0.5) is 0 Å². The van der Waals surface area contributed by atoms with Crippen LogP contribution < -0.4 is 10.6 Å². The summed E-state index contributed by atoms with van der Waals surface area (Å²) in [6.45, 7) is 4.81. The molecular weight excluding hydrogens is 355 g/mol. The van der Waals surface area contributed by atoms with Gasteiger partial charge in [-0.25, -0.2) is 4.79 Å². The molecule has 0 aromatic heterocycles. The van der Waals surface area contributed by atoms with Crippen molar-refractivity contribution in [2.75, 3.05) is 0 Å². The summed E-state index contributed by atoms with van der Waals surface area (Å²) in [5, 5.41) is 15.1. The molecule has 0 bridgehead atoms. The zero-order valence-corrected chi connectivity index (χ0v) is 15.1. The second-order valence-corrected chi connectivity index (χ2v) is 6.61. The van der Waals surface area contributed by atoms with Gasteiger partial charge >= 0.3 is 5.97 Å². The van der Waals surface area contributed by atoms with Crippen LogP contribution in [0.2, 0.25) is 10.0 Å². The molecule has 0 aliphatic carbocycles. The van der Waals surface area contributed by atoms with Crippen molar-refractivity contribution in [3.05, 3.63) is 33.8 Å². The number of carbonyl (C=O) groups is 3. The summed E-state index contributed by atoms with van der Waals surface area (Å²) in [5.74, 6) is -2.31. The monoisotopic (exact) mass is 374 g/mol. The van der Waals surface area contributed by atoms with Crippen molar-refractivity contribution in [3.8, 4) is 0 Å². The van der Waals surface area contributed by atoms with Crippen molar-refractivity contribution in [2.24, 2.45) is 5.92 Å². The van der Waals surface area contributed by atoms with Gasteiger partial charge in [0.25, 0.3) is 0 Å². The van der Waals surface area contributed by atoms with Crippen LogP contribution in [0.5, 0.6) is 0 Å². The number of carboxylic acid groups (broad SMARTS) is 1. The quantitative estimate of drug-likeness (QED) is 0.681. The molecule has 6 nitrogen and oxygen atoms in total. The molecule has 8 heteroatoms. The van der Waals surface area contributed by atoms with Gasteiger partial charge in [-0.2, -0.15) is 0 Å². The highest BCUT2D eigenvalue weighted by Crippen LogP contribution is 2.22. The first kappa shape index (κ1) is 20.3. The molecule has 24 heavy (non-hydrogen) atoms. The van der Waals surface area contributed by atoms with Crippen LogP contribution in [0.3, 0.4) is 0 Å². The van der Waals surface area contributed by atoms with E-state index in [2.05, 4.69) is 10.6 Å². The Morgan fingerprint density at radius 2 is 1.79 bits per heavy atom. The average molecular weight is 375 g/mol. The van der Waals surface area contributed by atoms with Crippen molar-refractivity contribution in [3.63, 3.8) is 0 Å². The predicted octanol–water partition coefficient (Wildman–Crippen LogP) is 2.27. The van der Waals surface area contributed by atoms with E-state index in [4.69, 9.17) is 23.2 Å². The first-order chi connectivity index (χ1) is 11.1. The summed E-state index contributed by atoms with van der Waals surface area (Å²) in [5.41, 5.74) is 0.550. The van der Waals surface area contributed by atoms with Gasteiger partial charge in [0.05, 0.1) is 0 Å². The second-order valence-electron chi connectivity index (χ2n) is 5.76. The number of halogens is 2. The minimum atomic E-state index is -1.19. The van der Waals surface area contributed by atoms with E-state index in [1.54, 1.807) is 26.0 Å². The topological polar surface area (TPSA) is 95.5 Å². The molecule has 0 spiro atoms. The molecule has 0 aliphatic rings. The maximum Gasteiger partial charge on any atom is 0.326 e. The highest BCUT2D eigenvalue weighted by Gasteiger charge is 2.28. The van der Waals surface area contributed by atoms with Crippen LogP contribution in [0.25, 0.3) is 0 Å². The molecular formula is C16H20Cl2N2O4. The number of amides is 2. The Balaban J connectivity index is 2.90. The van der Waals surface area contributed by atoms with Crippen molar-refractivity contribution in [1.29, 1.82) is 0 Å². The number of rotatable bonds is 7. The van der Waals surface area contributed by atoms with Crippen LogP contribution in [0.1, 0.15) is 26.3 Å². The molecule has 3 N–H and O–H groups in total. The smallest absolute Gasteiger partial charge is 0.326 e. The number of nitrogens with one attached hydrogen (secondary N) is 2. The Labute approximate surface area is 150 Å². The summed E-state index contributed by atoms with van der Waals surface area (Å²) in [4.78, 5) is 35.0. The normalized spacial score (nSPS) is 13.2. The van der Waals surface area contributed by atoms with E-state index in [1.165, 1.54) is 13.0 Å². The Bertz CT molecular complexity index is 635. The average Bonchev–Trinajstić information content (AvgIpc) is 2.45. The molecule has 0 saturated heterocycles. The van der Waals surface area contributed by atoms with Gasteiger partial charge in [-0.1, -0.05) is 43.1 Å². The molecule has 2 amide bonds. The second kappa shape index (κ2) is 8.89. The van der Waals surface area contributed by atoms with Gasteiger partial charge in [-0.3, -0.25) is 9.59 Å². The van der Waals surface area contributed by atoms with Crippen LogP contribution >= 0.6 is 23.2 Å².